The van der Waals surface area contributed by atoms with Crippen LogP contribution < -0.4 is 9.47 Å². The van der Waals surface area contributed by atoms with Gasteiger partial charge in [-0.2, -0.15) is 0 Å². The van der Waals surface area contributed by atoms with E-state index in [1.807, 2.05) is 0 Å². The Balaban J connectivity index is 2.18. The Bertz CT molecular complexity index is 723. The van der Waals surface area contributed by atoms with Crippen LogP contribution in [-0.2, 0) is 4.79 Å². The predicted octanol–water partition coefficient (Wildman–Crippen LogP) is 2.74. The molecule has 7 nitrogen and oxygen atoms in total. The van der Waals surface area contributed by atoms with Gasteiger partial charge < -0.3 is 9.47 Å². The highest BCUT2D eigenvalue weighted by Gasteiger charge is 2.16. The average Bonchev–Trinajstić information content (AvgIpc) is 2.47. The zero-order chi connectivity index (χ0) is 16.1. The maximum Gasteiger partial charge on any atom is 0.347 e. The van der Waals surface area contributed by atoms with Crippen molar-refractivity contribution in [3.05, 3.63) is 64.2 Å². The number of nitro benzene ring substituents is 1. The van der Waals surface area contributed by atoms with E-state index >= 15 is 0 Å². The third kappa shape index (κ3) is 3.66. The lowest BCUT2D eigenvalue weighted by molar-refractivity contribution is -0.384. The number of non-ortho nitro benzene ring substituents is 1. The van der Waals surface area contributed by atoms with Crippen molar-refractivity contribution >= 4 is 17.6 Å². The number of nitro groups is 1. The van der Waals surface area contributed by atoms with E-state index in [1.54, 1.807) is 12.1 Å². The molecule has 112 valence electrons. The molecule has 0 aliphatic heterocycles. The number of esters is 2. The van der Waals surface area contributed by atoms with Crippen molar-refractivity contribution in [3.63, 3.8) is 0 Å². The van der Waals surface area contributed by atoms with Gasteiger partial charge in [0, 0.05) is 19.1 Å². The molecule has 2 aromatic carbocycles. The second-order valence-electron chi connectivity index (χ2n) is 4.23. The molecule has 0 fully saturated rings. The van der Waals surface area contributed by atoms with Crippen molar-refractivity contribution in [2.45, 2.75) is 6.92 Å². The maximum atomic E-state index is 12.1. The lowest BCUT2D eigenvalue weighted by atomic mass is 10.2. The quantitative estimate of drug-likeness (QED) is 0.373. The molecule has 0 bridgehead atoms. The van der Waals surface area contributed by atoms with Gasteiger partial charge in [-0.1, -0.05) is 12.1 Å². The van der Waals surface area contributed by atoms with Crippen LogP contribution in [0.5, 0.6) is 11.5 Å². The van der Waals surface area contributed by atoms with Crippen LogP contribution in [0.25, 0.3) is 0 Å². The van der Waals surface area contributed by atoms with Gasteiger partial charge in [-0.05, 0) is 24.3 Å². The van der Waals surface area contributed by atoms with Gasteiger partial charge >= 0.3 is 11.9 Å². The van der Waals surface area contributed by atoms with Crippen LogP contribution in [0.15, 0.2) is 48.5 Å². The Kier molecular flexibility index (Phi) is 4.47. The van der Waals surface area contributed by atoms with Crippen LogP contribution in [0.3, 0.4) is 0 Å². The Morgan fingerprint density at radius 3 is 2.23 bits per heavy atom. The largest absolute Gasteiger partial charge is 0.426 e. The van der Waals surface area contributed by atoms with Crippen molar-refractivity contribution in [1.82, 2.24) is 0 Å². The molecule has 0 aromatic heterocycles. The van der Waals surface area contributed by atoms with Crippen LogP contribution in [-0.4, -0.2) is 16.9 Å². The second-order valence-corrected chi connectivity index (χ2v) is 4.23. The van der Waals surface area contributed by atoms with Gasteiger partial charge in [-0.3, -0.25) is 14.9 Å². The lowest BCUT2D eigenvalue weighted by Gasteiger charge is -2.08. The van der Waals surface area contributed by atoms with Crippen molar-refractivity contribution in [1.29, 1.82) is 0 Å². The minimum atomic E-state index is -0.731. The van der Waals surface area contributed by atoms with Crippen LogP contribution in [0, 0.1) is 10.1 Å². The average molecular weight is 301 g/mol. The molecule has 22 heavy (non-hydrogen) atoms. The molecule has 0 heterocycles. The molecule has 0 amide bonds. The summed E-state index contributed by atoms with van der Waals surface area (Å²) in [6.07, 6.45) is 0. The van der Waals surface area contributed by atoms with Gasteiger partial charge in [0.1, 0.15) is 17.1 Å². The SMILES string of the molecule is CC(=O)Oc1ccccc1C(=O)Oc1ccc([N+](=O)[O-])cc1. The predicted molar refractivity (Wildman–Crippen MR) is 75.8 cm³/mol. The maximum absolute atomic E-state index is 12.1. The first-order valence-electron chi connectivity index (χ1n) is 6.21. The minimum Gasteiger partial charge on any atom is -0.426 e. The molecule has 0 unspecified atom stereocenters. The molecule has 7 heteroatoms. The Labute approximate surface area is 125 Å². The normalized spacial score (nSPS) is 9.86. The van der Waals surface area contributed by atoms with E-state index in [0.29, 0.717) is 0 Å². The summed E-state index contributed by atoms with van der Waals surface area (Å²) in [4.78, 5) is 33.1. The molecule has 0 atom stereocenters. The highest BCUT2D eigenvalue weighted by atomic mass is 16.6. The molecule has 2 aromatic rings. The second kappa shape index (κ2) is 6.49. The number of carbonyl (C=O) groups excluding carboxylic acids is 2. The number of hydrogen-bond donors (Lipinski definition) is 0. The first-order valence-corrected chi connectivity index (χ1v) is 6.21. The fourth-order valence-corrected chi connectivity index (χ4v) is 1.68. The summed E-state index contributed by atoms with van der Waals surface area (Å²) in [5, 5.41) is 10.6. The van der Waals surface area contributed by atoms with E-state index in [9.17, 15) is 19.7 Å². The van der Waals surface area contributed by atoms with Gasteiger partial charge in [0.15, 0.2) is 0 Å². The number of hydrogen-bond acceptors (Lipinski definition) is 6. The third-order valence-corrected chi connectivity index (χ3v) is 2.62. The molecular weight excluding hydrogens is 290 g/mol. The molecule has 0 aliphatic rings. The molecule has 0 N–H and O–H groups in total. The van der Waals surface area contributed by atoms with Crippen molar-refractivity contribution in [2.24, 2.45) is 0 Å². The molecule has 2 rings (SSSR count). The molecule has 0 spiro atoms. The van der Waals surface area contributed by atoms with Gasteiger partial charge in [0.05, 0.1) is 4.92 Å². The minimum absolute atomic E-state index is 0.0797. The number of nitrogens with zero attached hydrogens (tertiary/aromatic N) is 1. The molecular formula is C15H11NO6. The van der Waals surface area contributed by atoms with E-state index in [4.69, 9.17) is 9.47 Å². The fourth-order valence-electron chi connectivity index (χ4n) is 1.68. The van der Waals surface area contributed by atoms with Crippen LogP contribution in [0.4, 0.5) is 5.69 Å². The van der Waals surface area contributed by atoms with Crippen LogP contribution in [0.2, 0.25) is 0 Å². The summed E-state index contributed by atoms with van der Waals surface area (Å²) in [5.41, 5.74) is -0.0313. The molecule has 0 radical (unpaired) electrons. The van der Waals surface area contributed by atoms with E-state index in [1.165, 1.54) is 43.3 Å². The number of benzene rings is 2. The smallest absolute Gasteiger partial charge is 0.347 e. The summed E-state index contributed by atoms with van der Waals surface area (Å²) >= 11 is 0. The Morgan fingerprint density at radius 2 is 1.64 bits per heavy atom. The number of para-hydroxylation sites is 1. The zero-order valence-corrected chi connectivity index (χ0v) is 11.5. The zero-order valence-electron chi connectivity index (χ0n) is 11.5. The fraction of sp³-hybridized carbons (Fsp3) is 0.0667. The van der Waals surface area contributed by atoms with Gasteiger partial charge in [0.25, 0.3) is 5.69 Å². The Morgan fingerprint density at radius 1 is 1.00 bits per heavy atom. The van der Waals surface area contributed by atoms with Gasteiger partial charge in [-0.15, -0.1) is 0 Å². The van der Waals surface area contributed by atoms with E-state index < -0.39 is 16.9 Å². The number of rotatable bonds is 4. The lowest BCUT2D eigenvalue weighted by Crippen LogP contribution is -2.12. The van der Waals surface area contributed by atoms with E-state index in [2.05, 4.69) is 0 Å². The van der Waals surface area contributed by atoms with E-state index in [-0.39, 0.29) is 22.7 Å². The molecule has 0 saturated carbocycles. The summed E-state index contributed by atoms with van der Waals surface area (Å²) < 4.78 is 10.0. The van der Waals surface area contributed by atoms with Crippen molar-refractivity contribution in [3.8, 4) is 11.5 Å². The standard InChI is InChI=1S/C15H11NO6/c1-10(17)21-14-5-3-2-4-13(14)15(18)22-12-8-6-11(7-9-12)16(19)20/h2-9H,1H3. The third-order valence-electron chi connectivity index (χ3n) is 2.62. The highest BCUT2D eigenvalue weighted by Crippen LogP contribution is 2.22. The molecule has 0 aliphatic carbocycles. The number of carbonyl (C=O) groups is 2. The monoisotopic (exact) mass is 301 g/mol. The van der Waals surface area contributed by atoms with Crippen LogP contribution in [0.1, 0.15) is 17.3 Å². The topological polar surface area (TPSA) is 95.7 Å². The van der Waals surface area contributed by atoms with E-state index in [0.717, 1.165) is 0 Å². The first-order chi connectivity index (χ1) is 10.5. The summed E-state index contributed by atoms with van der Waals surface area (Å²) in [5.74, 6) is -1.06. The van der Waals surface area contributed by atoms with Crippen LogP contribution >= 0.6 is 0 Å². The first kappa shape index (κ1) is 15.2. The molecule has 0 saturated heterocycles. The summed E-state index contributed by atoms with van der Waals surface area (Å²) in [6, 6.07) is 11.2. The van der Waals surface area contributed by atoms with Crippen molar-refractivity contribution in [2.75, 3.05) is 0 Å². The summed E-state index contributed by atoms with van der Waals surface area (Å²) in [6.45, 7) is 1.22. The number of ether oxygens (including phenoxy) is 2. The van der Waals surface area contributed by atoms with Gasteiger partial charge in [0.2, 0.25) is 0 Å². The highest BCUT2D eigenvalue weighted by molar-refractivity contribution is 5.94. The van der Waals surface area contributed by atoms with Gasteiger partial charge in [-0.25, -0.2) is 4.79 Å². The Hall–Kier alpha value is -3.22. The summed E-state index contributed by atoms with van der Waals surface area (Å²) in [7, 11) is 0. The van der Waals surface area contributed by atoms with Crippen molar-refractivity contribution < 1.29 is 24.0 Å².